The molecule has 0 spiro atoms. The summed E-state index contributed by atoms with van der Waals surface area (Å²) in [5.74, 6) is -2.36. The van der Waals surface area contributed by atoms with Crippen LogP contribution in [0.1, 0.15) is 49.5 Å². The minimum absolute atomic E-state index is 0.00586. The number of hydrazine groups is 1. The lowest BCUT2D eigenvalue weighted by Crippen LogP contribution is -2.42. The molecular formula is C15H19N2O4-. The lowest BCUT2D eigenvalue weighted by Gasteiger charge is -2.19. The van der Waals surface area contributed by atoms with Crippen molar-refractivity contribution in [2.45, 2.75) is 39.0 Å². The van der Waals surface area contributed by atoms with Crippen LogP contribution in [0.4, 0.5) is 0 Å². The van der Waals surface area contributed by atoms with Crippen molar-refractivity contribution in [1.29, 1.82) is 0 Å². The van der Waals surface area contributed by atoms with Crippen LogP contribution >= 0.6 is 0 Å². The van der Waals surface area contributed by atoms with Crippen LogP contribution in [0.3, 0.4) is 0 Å². The number of carbonyl (C=O) groups is 3. The van der Waals surface area contributed by atoms with Crippen molar-refractivity contribution in [3.63, 3.8) is 0 Å². The molecule has 0 aromatic heterocycles. The van der Waals surface area contributed by atoms with Crippen LogP contribution in [0.25, 0.3) is 0 Å². The molecule has 1 aromatic rings. The van der Waals surface area contributed by atoms with Gasteiger partial charge < -0.3 is 9.90 Å². The molecule has 0 aliphatic heterocycles. The maximum absolute atomic E-state index is 11.8. The average molecular weight is 291 g/mol. The Morgan fingerprint density at radius 2 is 1.57 bits per heavy atom. The van der Waals surface area contributed by atoms with Gasteiger partial charge in [0.2, 0.25) is 5.91 Å². The number of nitrogens with one attached hydrogen (secondary N) is 2. The van der Waals surface area contributed by atoms with Gasteiger partial charge in [-0.05, 0) is 29.5 Å². The Morgan fingerprint density at radius 1 is 1.00 bits per heavy atom. The molecule has 0 aliphatic carbocycles. The van der Waals surface area contributed by atoms with Gasteiger partial charge in [0.25, 0.3) is 5.91 Å². The Balaban J connectivity index is 2.53. The number of hydrogen-bond acceptors (Lipinski definition) is 4. The molecule has 6 heteroatoms. The fraction of sp³-hybridized carbons (Fsp3) is 0.400. The zero-order chi connectivity index (χ0) is 16.0. The summed E-state index contributed by atoms with van der Waals surface area (Å²) in [6, 6.07) is 7.05. The molecular weight excluding hydrogens is 272 g/mol. The van der Waals surface area contributed by atoms with Crippen LogP contribution in [-0.2, 0) is 15.0 Å². The smallest absolute Gasteiger partial charge is 0.269 e. The molecule has 0 bridgehead atoms. The molecule has 1 rings (SSSR count). The summed E-state index contributed by atoms with van der Waals surface area (Å²) in [4.78, 5) is 33.2. The van der Waals surface area contributed by atoms with E-state index in [1.807, 2.05) is 12.1 Å². The van der Waals surface area contributed by atoms with Gasteiger partial charge in [-0.25, -0.2) is 0 Å². The lowest BCUT2D eigenvalue weighted by atomic mass is 9.87. The van der Waals surface area contributed by atoms with Crippen LogP contribution in [0.5, 0.6) is 0 Å². The third-order valence-corrected chi connectivity index (χ3v) is 2.88. The summed E-state index contributed by atoms with van der Waals surface area (Å²) in [7, 11) is 0. The molecule has 6 nitrogen and oxygen atoms in total. The first-order valence-corrected chi connectivity index (χ1v) is 6.59. The fourth-order valence-corrected chi connectivity index (χ4v) is 1.60. The number of aliphatic carboxylic acids is 1. The van der Waals surface area contributed by atoms with Gasteiger partial charge in [0.15, 0.2) is 0 Å². The minimum Gasteiger partial charge on any atom is -0.550 e. The van der Waals surface area contributed by atoms with Gasteiger partial charge in [-0.2, -0.15) is 0 Å². The molecule has 0 unspecified atom stereocenters. The second kappa shape index (κ2) is 6.88. The van der Waals surface area contributed by atoms with Crippen molar-refractivity contribution in [3.05, 3.63) is 35.4 Å². The molecule has 0 atom stereocenters. The number of hydrogen-bond donors (Lipinski definition) is 2. The third-order valence-electron chi connectivity index (χ3n) is 2.88. The van der Waals surface area contributed by atoms with Crippen molar-refractivity contribution >= 4 is 17.8 Å². The van der Waals surface area contributed by atoms with Crippen LogP contribution in [-0.4, -0.2) is 17.8 Å². The number of amides is 2. The highest BCUT2D eigenvalue weighted by Crippen LogP contribution is 2.22. The largest absolute Gasteiger partial charge is 0.550 e. The molecule has 0 saturated carbocycles. The summed E-state index contributed by atoms with van der Waals surface area (Å²) < 4.78 is 0. The summed E-state index contributed by atoms with van der Waals surface area (Å²) in [5, 5.41) is 10.2. The third kappa shape index (κ3) is 5.64. The first-order valence-electron chi connectivity index (χ1n) is 6.59. The van der Waals surface area contributed by atoms with Crippen LogP contribution < -0.4 is 16.0 Å². The van der Waals surface area contributed by atoms with Crippen molar-refractivity contribution in [3.8, 4) is 0 Å². The highest BCUT2D eigenvalue weighted by Gasteiger charge is 2.14. The number of carboxylic acid groups (broad SMARTS) is 1. The Hall–Kier alpha value is -2.37. The first-order chi connectivity index (χ1) is 9.70. The van der Waals surface area contributed by atoms with Gasteiger partial charge in [0.1, 0.15) is 0 Å². The topological polar surface area (TPSA) is 98.3 Å². The van der Waals surface area contributed by atoms with E-state index in [0.717, 1.165) is 5.56 Å². The molecule has 21 heavy (non-hydrogen) atoms. The maximum Gasteiger partial charge on any atom is 0.269 e. The first kappa shape index (κ1) is 16.7. The normalized spacial score (nSPS) is 10.8. The fourth-order valence-electron chi connectivity index (χ4n) is 1.60. The van der Waals surface area contributed by atoms with E-state index in [0.29, 0.717) is 5.56 Å². The van der Waals surface area contributed by atoms with E-state index >= 15 is 0 Å². The molecule has 2 amide bonds. The van der Waals surface area contributed by atoms with Gasteiger partial charge in [0.05, 0.1) is 0 Å². The number of benzene rings is 1. The minimum atomic E-state index is -1.31. The van der Waals surface area contributed by atoms with E-state index in [-0.39, 0.29) is 18.3 Å². The number of rotatable bonds is 4. The Bertz CT molecular complexity index is 530. The zero-order valence-electron chi connectivity index (χ0n) is 12.4. The molecule has 0 aliphatic rings. The second-order valence-corrected chi connectivity index (χ2v) is 5.70. The van der Waals surface area contributed by atoms with E-state index in [1.54, 1.807) is 12.1 Å². The molecule has 0 saturated heterocycles. The molecule has 114 valence electrons. The summed E-state index contributed by atoms with van der Waals surface area (Å²) in [6.45, 7) is 6.21. The number of carbonyl (C=O) groups excluding carboxylic acids is 3. The van der Waals surface area contributed by atoms with E-state index in [1.165, 1.54) is 0 Å². The van der Waals surface area contributed by atoms with Gasteiger partial charge in [-0.3, -0.25) is 20.4 Å². The SMILES string of the molecule is CC(C)(C)c1ccc(C(=O)NNC(=O)CCC(=O)[O-])cc1. The predicted molar refractivity (Wildman–Crippen MR) is 75.0 cm³/mol. The highest BCUT2D eigenvalue weighted by molar-refractivity contribution is 5.95. The molecule has 2 N–H and O–H groups in total. The van der Waals surface area contributed by atoms with E-state index in [4.69, 9.17) is 0 Å². The zero-order valence-corrected chi connectivity index (χ0v) is 12.4. The van der Waals surface area contributed by atoms with Crippen LogP contribution in [0.15, 0.2) is 24.3 Å². The van der Waals surface area contributed by atoms with Gasteiger partial charge in [-0.15, -0.1) is 0 Å². The summed E-state index contributed by atoms with van der Waals surface area (Å²) >= 11 is 0. The second-order valence-electron chi connectivity index (χ2n) is 5.70. The summed E-state index contributed by atoms with van der Waals surface area (Å²) in [5.41, 5.74) is 5.87. The number of carboxylic acids is 1. The van der Waals surface area contributed by atoms with E-state index in [9.17, 15) is 19.5 Å². The highest BCUT2D eigenvalue weighted by atomic mass is 16.4. The molecule has 1 aromatic carbocycles. The molecule has 0 heterocycles. The Labute approximate surface area is 123 Å². The van der Waals surface area contributed by atoms with Crippen LogP contribution in [0, 0.1) is 0 Å². The van der Waals surface area contributed by atoms with Crippen molar-refractivity contribution in [1.82, 2.24) is 10.9 Å². The Kier molecular flexibility index (Phi) is 5.46. The van der Waals surface area contributed by atoms with Crippen molar-refractivity contribution in [2.75, 3.05) is 0 Å². The molecule has 0 fully saturated rings. The van der Waals surface area contributed by atoms with E-state index < -0.39 is 17.8 Å². The Morgan fingerprint density at radius 3 is 2.05 bits per heavy atom. The quantitative estimate of drug-likeness (QED) is 0.778. The van der Waals surface area contributed by atoms with Crippen molar-refractivity contribution in [2.24, 2.45) is 0 Å². The lowest BCUT2D eigenvalue weighted by molar-refractivity contribution is -0.305. The predicted octanol–water partition coefficient (Wildman–Crippen LogP) is 0.275. The van der Waals surface area contributed by atoms with E-state index in [2.05, 4.69) is 31.6 Å². The van der Waals surface area contributed by atoms with Gasteiger partial charge >= 0.3 is 0 Å². The average Bonchev–Trinajstić information content (AvgIpc) is 2.41. The van der Waals surface area contributed by atoms with Crippen LogP contribution in [0.2, 0.25) is 0 Å². The monoisotopic (exact) mass is 291 g/mol. The summed E-state index contributed by atoms with van der Waals surface area (Å²) in [6.07, 6.45) is -0.631. The maximum atomic E-state index is 11.8. The van der Waals surface area contributed by atoms with Gasteiger partial charge in [-0.1, -0.05) is 32.9 Å². The standard InChI is InChI=1S/C15H20N2O4/c1-15(2,3)11-6-4-10(5-7-11)14(21)17-16-12(18)8-9-13(19)20/h4-7H,8-9H2,1-3H3,(H,16,18)(H,17,21)(H,19,20)/p-1. The molecule has 0 radical (unpaired) electrons. The van der Waals surface area contributed by atoms with Crippen molar-refractivity contribution < 1.29 is 19.5 Å². The van der Waals surface area contributed by atoms with Gasteiger partial charge in [0, 0.05) is 18.0 Å².